The second-order valence-electron chi connectivity index (χ2n) is 5.71. The maximum absolute atomic E-state index is 14.3. The van der Waals surface area contributed by atoms with Crippen molar-refractivity contribution in [3.8, 4) is 0 Å². The predicted molar refractivity (Wildman–Crippen MR) is 86.7 cm³/mol. The molecule has 3 rings (SSSR count). The van der Waals surface area contributed by atoms with Crippen molar-refractivity contribution in [2.24, 2.45) is 0 Å². The summed E-state index contributed by atoms with van der Waals surface area (Å²) in [6.07, 6.45) is 3.04. The van der Waals surface area contributed by atoms with Gasteiger partial charge in [0.15, 0.2) is 0 Å². The Kier molecular flexibility index (Phi) is 5.80. The van der Waals surface area contributed by atoms with Crippen LogP contribution in [-0.4, -0.2) is 45.3 Å². The van der Waals surface area contributed by atoms with Gasteiger partial charge in [-0.3, -0.25) is 4.68 Å². The van der Waals surface area contributed by atoms with Crippen molar-refractivity contribution < 1.29 is 18.3 Å². The summed E-state index contributed by atoms with van der Waals surface area (Å²) in [6, 6.07) is 3.72. The highest BCUT2D eigenvalue weighted by molar-refractivity contribution is 8.00. The van der Waals surface area contributed by atoms with Crippen LogP contribution in [0.4, 0.5) is 8.78 Å². The maximum atomic E-state index is 14.3. The highest BCUT2D eigenvalue weighted by atomic mass is 32.2. The van der Waals surface area contributed by atoms with E-state index >= 15 is 0 Å². The normalized spacial score (nSPS) is 18.5. The van der Waals surface area contributed by atoms with Crippen LogP contribution in [0, 0.1) is 11.6 Å². The van der Waals surface area contributed by atoms with Gasteiger partial charge in [-0.2, -0.15) is 5.10 Å². The minimum Gasteiger partial charge on any atom is -0.354 e. The van der Waals surface area contributed by atoms with Gasteiger partial charge in [0.1, 0.15) is 31.1 Å². The van der Waals surface area contributed by atoms with E-state index in [-0.39, 0.29) is 16.4 Å². The number of halogens is 2. The molecule has 1 aliphatic rings. The van der Waals surface area contributed by atoms with Gasteiger partial charge in [-0.05, 0) is 11.6 Å². The molecule has 0 bridgehead atoms. The summed E-state index contributed by atoms with van der Waals surface area (Å²) in [5, 5.41) is 4.36. The molecule has 1 saturated heterocycles. The fraction of sp³-hybridized carbons (Fsp3) is 0.500. The van der Waals surface area contributed by atoms with E-state index in [9.17, 15) is 8.78 Å². The lowest BCUT2D eigenvalue weighted by atomic mass is 9.95. The molecule has 1 aliphatic heterocycles. The summed E-state index contributed by atoms with van der Waals surface area (Å²) >= 11 is 1.69. The van der Waals surface area contributed by atoms with Gasteiger partial charge in [0.05, 0.1) is 25.0 Å². The third kappa shape index (κ3) is 4.31. The lowest BCUT2D eigenvalue weighted by molar-refractivity contribution is -0.0926. The van der Waals surface area contributed by atoms with Crippen molar-refractivity contribution in [3.05, 3.63) is 48.1 Å². The van der Waals surface area contributed by atoms with Crippen LogP contribution < -0.4 is 0 Å². The van der Waals surface area contributed by atoms with Crippen LogP contribution in [0.5, 0.6) is 0 Å². The third-order valence-electron chi connectivity index (χ3n) is 3.96. The summed E-state index contributed by atoms with van der Waals surface area (Å²) in [5.74, 6) is -1.30. The van der Waals surface area contributed by atoms with Crippen LogP contribution in [0.1, 0.15) is 18.4 Å². The second kappa shape index (κ2) is 8.04. The number of ether oxygens (including phenoxy) is 2. The number of thioether (sulfide) groups is 1. The molecule has 24 heavy (non-hydrogen) atoms. The Balaban J connectivity index is 1.80. The van der Waals surface area contributed by atoms with E-state index in [1.165, 1.54) is 18.5 Å². The van der Waals surface area contributed by atoms with Crippen molar-refractivity contribution in [1.82, 2.24) is 14.8 Å². The zero-order chi connectivity index (χ0) is 16.9. The van der Waals surface area contributed by atoms with E-state index in [2.05, 4.69) is 10.1 Å². The molecule has 8 heteroatoms. The summed E-state index contributed by atoms with van der Waals surface area (Å²) in [5.41, 5.74) is 0.476. The molecule has 2 unspecified atom stereocenters. The maximum Gasteiger partial charge on any atom is 0.146 e. The van der Waals surface area contributed by atoms with Gasteiger partial charge in [0, 0.05) is 17.2 Å². The number of rotatable bonds is 6. The molecule has 0 spiro atoms. The van der Waals surface area contributed by atoms with E-state index in [1.807, 2.05) is 6.92 Å². The Bertz CT molecular complexity index is 651. The quantitative estimate of drug-likeness (QED) is 0.797. The number of hydrogen-bond donors (Lipinski definition) is 0. The van der Waals surface area contributed by atoms with E-state index in [0.717, 1.165) is 6.07 Å². The molecular weight excluding hydrogens is 336 g/mol. The predicted octanol–water partition coefficient (Wildman–Crippen LogP) is 2.83. The molecule has 0 aliphatic carbocycles. The zero-order valence-corrected chi connectivity index (χ0v) is 14.1. The molecule has 2 atom stereocenters. The highest BCUT2D eigenvalue weighted by Crippen LogP contribution is 2.34. The first-order valence-electron chi connectivity index (χ1n) is 7.72. The topological polar surface area (TPSA) is 49.2 Å². The van der Waals surface area contributed by atoms with Gasteiger partial charge in [-0.1, -0.05) is 13.0 Å². The molecule has 0 saturated carbocycles. The Morgan fingerprint density at radius 3 is 2.79 bits per heavy atom. The van der Waals surface area contributed by atoms with Gasteiger partial charge >= 0.3 is 0 Å². The molecule has 0 radical (unpaired) electrons. The van der Waals surface area contributed by atoms with Gasteiger partial charge in [-0.15, -0.1) is 11.8 Å². The fourth-order valence-corrected chi connectivity index (χ4v) is 4.15. The first-order valence-corrected chi connectivity index (χ1v) is 8.66. The smallest absolute Gasteiger partial charge is 0.146 e. The van der Waals surface area contributed by atoms with Crippen LogP contribution in [0.25, 0.3) is 0 Å². The number of nitrogens with zero attached hydrogens (tertiary/aromatic N) is 3. The van der Waals surface area contributed by atoms with Crippen LogP contribution in [0.3, 0.4) is 0 Å². The standard InChI is InChI=1S/C16H19F2N3O2S/c1-11(24-13-6-22-10-23-7-13)15(5-21-9-19-8-20-21)14-3-2-12(17)4-16(14)18/h2-4,8-9,11,13,15H,5-7,10H2,1H3. The summed E-state index contributed by atoms with van der Waals surface area (Å²) in [4.78, 5) is 3.93. The van der Waals surface area contributed by atoms with Crippen molar-refractivity contribution in [2.75, 3.05) is 20.0 Å². The molecule has 1 aromatic heterocycles. The van der Waals surface area contributed by atoms with Crippen molar-refractivity contribution in [2.45, 2.75) is 29.9 Å². The van der Waals surface area contributed by atoms with Crippen molar-refractivity contribution in [3.63, 3.8) is 0 Å². The second-order valence-corrected chi connectivity index (χ2v) is 7.39. The first kappa shape index (κ1) is 17.3. The van der Waals surface area contributed by atoms with Crippen LogP contribution in [-0.2, 0) is 16.0 Å². The number of benzene rings is 1. The molecule has 0 N–H and O–H groups in total. The minimum atomic E-state index is -0.579. The Morgan fingerprint density at radius 2 is 2.12 bits per heavy atom. The first-order chi connectivity index (χ1) is 11.6. The number of aromatic nitrogens is 3. The Hall–Kier alpha value is -1.51. The fourth-order valence-electron chi connectivity index (χ4n) is 2.77. The van der Waals surface area contributed by atoms with Crippen LogP contribution in [0.15, 0.2) is 30.9 Å². The molecule has 1 fully saturated rings. The summed E-state index contributed by atoms with van der Waals surface area (Å²) < 4.78 is 39.9. The Morgan fingerprint density at radius 1 is 1.33 bits per heavy atom. The van der Waals surface area contributed by atoms with Gasteiger partial charge in [0.2, 0.25) is 0 Å². The van der Waals surface area contributed by atoms with Crippen molar-refractivity contribution in [1.29, 1.82) is 0 Å². The largest absolute Gasteiger partial charge is 0.354 e. The molecule has 1 aromatic carbocycles. The van der Waals surface area contributed by atoms with Gasteiger partial charge in [-0.25, -0.2) is 13.8 Å². The van der Waals surface area contributed by atoms with Crippen LogP contribution in [0.2, 0.25) is 0 Å². The summed E-state index contributed by atoms with van der Waals surface area (Å²) in [7, 11) is 0. The lowest BCUT2D eigenvalue weighted by Gasteiger charge is -2.29. The van der Waals surface area contributed by atoms with Crippen molar-refractivity contribution >= 4 is 11.8 Å². The molecule has 0 amide bonds. The van der Waals surface area contributed by atoms with E-state index in [4.69, 9.17) is 9.47 Å². The zero-order valence-electron chi connectivity index (χ0n) is 13.3. The SMILES string of the molecule is CC(SC1COCOC1)C(Cn1cncn1)c1ccc(F)cc1F. The molecule has 2 aromatic rings. The van der Waals surface area contributed by atoms with E-state index < -0.39 is 11.6 Å². The average molecular weight is 355 g/mol. The lowest BCUT2D eigenvalue weighted by Crippen LogP contribution is -2.30. The monoisotopic (exact) mass is 355 g/mol. The van der Waals surface area contributed by atoms with Gasteiger partial charge < -0.3 is 9.47 Å². The van der Waals surface area contributed by atoms with E-state index in [0.29, 0.717) is 32.1 Å². The highest BCUT2D eigenvalue weighted by Gasteiger charge is 2.27. The summed E-state index contributed by atoms with van der Waals surface area (Å²) in [6.45, 7) is 4.03. The number of hydrogen-bond acceptors (Lipinski definition) is 5. The van der Waals surface area contributed by atoms with Crippen LogP contribution >= 0.6 is 11.8 Å². The van der Waals surface area contributed by atoms with Gasteiger partial charge in [0.25, 0.3) is 0 Å². The molecular formula is C16H19F2N3O2S. The Labute approximate surface area is 143 Å². The molecule has 5 nitrogen and oxygen atoms in total. The molecule has 130 valence electrons. The third-order valence-corrected chi connectivity index (χ3v) is 5.38. The minimum absolute atomic E-state index is 0.0597. The molecule has 2 heterocycles. The average Bonchev–Trinajstić information content (AvgIpc) is 3.07. The van der Waals surface area contributed by atoms with E-state index in [1.54, 1.807) is 22.8 Å².